The van der Waals surface area contributed by atoms with E-state index in [9.17, 15) is 0 Å². The molecular weight excluding hydrogens is 235 g/mol. The summed E-state index contributed by atoms with van der Waals surface area (Å²) in [4.78, 5) is 0. The van der Waals surface area contributed by atoms with Gasteiger partial charge in [-0.1, -0.05) is 18.2 Å². The van der Waals surface area contributed by atoms with Gasteiger partial charge in [-0.05, 0) is 35.1 Å². The van der Waals surface area contributed by atoms with E-state index in [0.717, 1.165) is 12.0 Å². The quantitative estimate of drug-likeness (QED) is 0.552. The SMILES string of the molecule is C=CCc1c#ccc(I)c1. The second-order valence-electron chi connectivity index (χ2n) is 1.96. The van der Waals surface area contributed by atoms with Crippen molar-refractivity contribution in [3.05, 3.63) is 46.1 Å². The van der Waals surface area contributed by atoms with Crippen molar-refractivity contribution in [2.45, 2.75) is 6.42 Å². The molecule has 1 rings (SSSR count). The van der Waals surface area contributed by atoms with Crippen molar-refractivity contribution in [3.8, 4) is 0 Å². The molecule has 0 aliphatic carbocycles. The molecule has 1 aromatic rings. The zero-order valence-electron chi connectivity index (χ0n) is 5.52. The zero-order valence-corrected chi connectivity index (χ0v) is 7.68. The van der Waals surface area contributed by atoms with Gasteiger partial charge in [0.05, 0.1) is 0 Å². The molecule has 0 saturated carbocycles. The average Bonchev–Trinajstić information content (AvgIpc) is 1.88. The molecule has 0 atom stereocenters. The van der Waals surface area contributed by atoms with E-state index in [4.69, 9.17) is 0 Å². The highest BCUT2D eigenvalue weighted by Crippen LogP contribution is 2.04. The standard InChI is InChI=1S/C9H7I/c1-2-4-8-5-3-6-9(10)7-8/h2,6-7H,1,4H2. The van der Waals surface area contributed by atoms with Gasteiger partial charge in [0, 0.05) is 15.2 Å². The first-order valence-electron chi connectivity index (χ1n) is 3.01. The third kappa shape index (κ3) is 2.03. The van der Waals surface area contributed by atoms with Crippen LogP contribution in [-0.2, 0) is 6.42 Å². The summed E-state index contributed by atoms with van der Waals surface area (Å²) in [5.41, 5.74) is 1.15. The maximum atomic E-state index is 3.65. The summed E-state index contributed by atoms with van der Waals surface area (Å²) in [6.45, 7) is 3.65. The summed E-state index contributed by atoms with van der Waals surface area (Å²) in [7, 11) is 0. The zero-order chi connectivity index (χ0) is 7.40. The number of halogens is 1. The van der Waals surface area contributed by atoms with Crippen molar-refractivity contribution in [2.24, 2.45) is 0 Å². The molecule has 0 aliphatic rings. The number of allylic oxidation sites excluding steroid dienone is 1. The van der Waals surface area contributed by atoms with Crippen LogP contribution < -0.4 is 0 Å². The molecule has 0 unspecified atom stereocenters. The van der Waals surface area contributed by atoms with E-state index < -0.39 is 0 Å². The van der Waals surface area contributed by atoms with Crippen molar-refractivity contribution in [2.75, 3.05) is 0 Å². The second-order valence-corrected chi connectivity index (χ2v) is 3.21. The predicted molar refractivity (Wildman–Crippen MR) is 50.7 cm³/mol. The van der Waals surface area contributed by atoms with E-state index in [2.05, 4.69) is 47.4 Å². The monoisotopic (exact) mass is 242 g/mol. The molecule has 0 amide bonds. The molecule has 0 aliphatic heterocycles. The van der Waals surface area contributed by atoms with Crippen LogP contribution in [0.4, 0.5) is 0 Å². The first kappa shape index (κ1) is 7.62. The topological polar surface area (TPSA) is 0 Å². The van der Waals surface area contributed by atoms with E-state index >= 15 is 0 Å². The molecule has 0 radical (unpaired) electrons. The lowest BCUT2D eigenvalue weighted by Crippen LogP contribution is -1.77. The summed E-state index contributed by atoms with van der Waals surface area (Å²) in [6, 6.07) is 9.93. The fraction of sp³-hybridized carbons (Fsp3) is 0.111. The second kappa shape index (κ2) is 3.62. The highest BCUT2D eigenvalue weighted by Gasteiger charge is 1.87. The Labute approximate surface area is 75.1 Å². The minimum Gasteiger partial charge on any atom is -0.103 e. The Hall–Kier alpha value is -0.490. The van der Waals surface area contributed by atoms with Crippen LogP contribution in [0.3, 0.4) is 0 Å². The molecule has 0 spiro atoms. The number of hydrogen-bond donors (Lipinski definition) is 0. The smallest absolute Gasteiger partial charge is 0.0223 e. The van der Waals surface area contributed by atoms with Crippen LogP contribution in [0.15, 0.2) is 24.8 Å². The molecule has 0 aromatic heterocycles. The minimum atomic E-state index is 0.882. The van der Waals surface area contributed by atoms with Crippen molar-refractivity contribution >= 4 is 22.6 Å². The normalized spacial score (nSPS) is 8.50. The maximum absolute atomic E-state index is 3.65. The molecule has 1 aromatic carbocycles. The summed E-state index contributed by atoms with van der Waals surface area (Å²) in [6.07, 6.45) is 2.75. The van der Waals surface area contributed by atoms with Gasteiger partial charge < -0.3 is 0 Å². The lowest BCUT2D eigenvalue weighted by atomic mass is 10.2. The van der Waals surface area contributed by atoms with Crippen LogP contribution in [0.2, 0.25) is 0 Å². The first-order chi connectivity index (χ1) is 4.83. The Morgan fingerprint density at radius 1 is 1.70 bits per heavy atom. The van der Waals surface area contributed by atoms with Crippen LogP contribution in [-0.4, -0.2) is 0 Å². The fourth-order valence-corrected chi connectivity index (χ4v) is 1.24. The summed E-state index contributed by atoms with van der Waals surface area (Å²) in [5.74, 6) is 0. The van der Waals surface area contributed by atoms with Gasteiger partial charge in [0.2, 0.25) is 0 Å². The van der Waals surface area contributed by atoms with E-state index in [1.165, 1.54) is 3.57 Å². The largest absolute Gasteiger partial charge is 0.103 e. The number of hydrogen-bond acceptors (Lipinski definition) is 0. The van der Waals surface area contributed by atoms with Crippen LogP contribution in [0.25, 0.3) is 0 Å². The van der Waals surface area contributed by atoms with Crippen LogP contribution >= 0.6 is 22.6 Å². The Bertz CT molecular complexity index is 228. The lowest BCUT2D eigenvalue weighted by molar-refractivity contribution is 1.28. The van der Waals surface area contributed by atoms with Gasteiger partial charge in [-0.2, -0.15) is 0 Å². The van der Waals surface area contributed by atoms with Gasteiger partial charge in [-0.3, -0.25) is 0 Å². The van der Waals surface area contributed by atoms with Crippen molar-refractivity contribution in [1.29, 1.82) is 0 Å². The van der Waals surface area contributed by atoms with Crippen LogP contribution in [0.5, 0.6) is 0 Å². The molecule has 0 heterocycles. The van der Waals surface area contributed by atoms with Gasteiger partial charge >= 0.3 is 0 Å². The van der Waals surface area contributed by atoms with Gasteiger partial charge in [0.15, 0.2) is 0 Å². The molecule has 1 heteroatoms. The highest BCUT2D eigenvalue weighted by molar-refractivity contribution is 14.1. The Morgan fingerprint density at radius 2 is 2.50 bits per heavy atom. The average molecular weight is 242 g/mol. The van der Waals surface area contributed by atoms with Crippen molar-refractivity contribution in [3.63, 3.8) is 0 Å². The molecule has 0 nitrogen and oxygen atoms in total. The van der Waals surface area contributed by atoms with E-state index in [1.54, 1.807) is 0 Å². The highest BCUT2D eigenvalue weighted by atomic mass is 127. The Morgan fingerprint density at radius 3 is 3.10 bits per heavy atom. The van der Waals surface area contributed by atoms with E-state index in [-0.39, 0.29) is 0 Å². The molecule has 50 valence electrons. The van der Waals surface area contributed by atoms with Gasteiger partial charge in [0.1, 0.15) is 0 Å². The van der Waals surface area contributed by atoms with Crippen molar-refractivity contribution < 1.29 is 0 Å². The van der Waals surface area contributed by atoms with Crippen molar-refractivity contribution in [1.82, 2.24) is 0 Å². The van der Waals surface area contributed by atoms with Crippen LogP contribution in [0.1, 0.15) is 5.56 Å². The minimum absolute atomic E-state index is 0.882. The molecule has 0 fully saturated rings. The summed E-state index contributed by atoms with van der Waals surface area (Å²) in [5, 5.41) is 0. The van der Waals surface area contributed by atoms with Gasteiger partial charge in [-0.15, -0.1) is 6.58 Å². The summed E-state index contributed by atoms with van der Waals surface area (Å²) >= 11 is 2.26. The number of rotatable bonds is 2. The third-order valence-corrected chi connectivity index (χ3v) is 1.74. The lowest BCUT2D eigenvalue weighted by Gasteiger charge is -1.89. The molecule has 0 saturated heterocycles. The maximum Gasteiger partial charge on any atom is 0.0223 e. The van der Waals surface area contributed by atoms with Gasteiger partial charge in [0.25, 0.3) is 0 Å². The molecule has 0 N–H and O–H groups in total. The first-order valence-corrected chi connectivity index (χ1v) is 4.09. The predicted octanol–water partition coefficient (Wildman–Crippen LogP) is 2.62. The third-order valence-electron chi connectivity index (χ3n) is 1.12. The fourth-order valence-electron chi connectivity index (χ4n) is 0.707. The summed E-state index contributed by atoms with van der Waals surface area (Å²) < 4.78 is 1.20. The molecule has 0 bridgehead atoms. The molecule has 10 heavy (non-hydrogen) atoms. The van der Waals surface area contributed by atoms with E-state index in [1.807, 2.05) is 12.1 Å². The molecular formula is C9H7I. The Balaban J connectivity index is 2.84. The van der Waals surface area contributed by atoms with Crippen LogP contribution in [0, 0.1) is 15.7 Å². The van der Waals surface area contributed by atoms with E-state index in [0.29, 0.717) is 0 Å². The van der Waals surface area contributed by atoms with Gasteiger partial charge in [-0.25, -0.2) is 0 Å². The Kier molecular flexibility index (Phi) is 2.76.